The highest BCUT2D eigenvalue weighted by molar-refractivity contribution is 7.27. The fraction of sp³-hybridized carbons (Fsp3) is 0.316. The van der Waals surface area contributed by atoms with E-state index in [-0.39, 0.29) is 23.2 Å². The van der Waals surface area contributed by atoms with Crippen molar-refractivity contribution < 1.29 is 0 Å². The van der Waals surface area contributed by atoms with E-state index in [1.165, 1.54) is 95.9 Å². The van der Waals surface area contributed by atoms with E-state index in [1.54, 1.807) is 5.56 Å². The number of benzene rings is 4. The van der Waals surface area contributed by atoms with Crippen molar-refractivity contribution in [1.82, 2.24) is 4.48 Å². The second kappa shape index (κ2) is 7.34. The summed E-state index contributed by atoms with van der Waals surface area (Å²) in [4.78, 5) is 2.86. The van der Waals surface area contributed by atoms with Crippen LogP contribution in [0.5, 0.6) is 0 Å². The molecule has 10 rings (SSSR count). The zero-order valence-corrected chi connectivity index (χ0v) is 26.0. The van der Waals surface area contributed by atoms with Crippen LogP contribution in [-0.2, 0) is 10.8 Å². The number of thiophene rings is 1. The fourth-order valence-electron chi connectivity index (χ4n) is 9.60. The number of rotatable bonds is 0. The average Bonchev–Trinajstić information content (AvgIpc) is 3.58. The molecule has 5 heterocycles. The van der Waals surface area contributed by atoms with Crippen LogP contribution in [0.2, 0.25) is 0 Å². The SMILES string of the molecule is CC(C)(C)c1cc2c3c(c1)N1c4c(cccc4C4(C)CCCCC14C)B3n1c3c-2cccc3c2sc3ccccc3c21. The molecule has 3 aliphatic heterocycles. The molecular formula is C38H35BN2S. The normalized spacial score (nSPS) is 23.5. The van der Waals surface area contributed by atoms with Crippen LogP contribution in [0.25, 0.3) is 42.3 Å². The molecule has 0 saturated heterocycles. The molecule has 6 aromatic rings. The van der Waals surface area contributed by atoms with E-state index in [9.17, 15) is 0 Å². The van der Waals surface area contributed by atoms with Crippen molar-refractivity contribution in [2.45, 2.75) is 76.7 Å². The lowest BCUT2D eigenvalue weighted by Gasteiger charge is -2.52. The van der Waals surface area contributed by atoms with E-state index < -0.39 is 0 Å². The van der Waals surface area contributed by atoms with Crippen molar-refractivity contribution in [2.24, 2.45) is 0 Å². The van der Waals surface area contributed by atoms with Crippen LogP contribution in [0.1, 0.15) is 71.4 Å². The number of hydrogen-bond donors (Lipinski definition) is 0. The monoisotopic (exact) mass is 562 g/mol. The van der Waals surface area contributed by atoms with Gasteiger partial charge in [0.15, 0.2) is 0 Å². The second-order valence-electron chi connectivity index (χ2n) is 14.8. The van der Waals surface area contributed by atoms with E-state index in [0.29, 0.717) is 0 Å². The molecule has 2 nitrogen and oxygen atoms in total. The average molecular weight is 563 g/mol. The molecule has 42 heavy (non-hydrogen) atoms. The molecule has 1 aliphatic carbocycles. The van der Waals surface area contributed by atoms with E-state index in [0.717, 1.165) is 0 Å². The van der Waals surface area contributed by atoms with Crippen LogP contribution < -0.4 is 15.8 Å². The molecule has 1 fully saturated rings. The lowest BCUT2D eigenvalue weighted by atomic mass is 9.44. The summed E-state index contributed by atoms with van der Waals surface area (Å²) in [6.07, 6.45) is 5.12. The van der Waals surface area contributed by atoms with Crippen molar-refractivity contribution in [2.75, 3.05) is 4.90 Å². The maximum Gasteiger partial charge on any atom is 0.333 e. The highest BCUT2D eigenvalue weighted by atomic mass is 32.1. The Morgan fingerprint density at radius 3 is 2.45 bits per heavy atom. The molecule has 1 saturated carbocycles. The number of hydrogen-bond acceptors (Lipinski definition) is 2. The molecule has 0 bridgehead atoms. The number of aromatic nitrogens is 1. The first kappa shape index (κ1) is 24.0. The largest absolute Gasteiger partial charge is 0.374 e. The predicted octanol–water partition coefficient (Wildman–Crippen LogP) is 9.00. The van der Waals surface area contributed by atoms with Gasteiger partial charge in [-0.05, 0) is 64.9 Å². The predicted molar refractivity (Wildman–Crippen MR) is 182 cm³/mol. The first-order chi connectivity index (χ1) is 20.2. The summed E-state index contributed by atoms with van der Waals surface area (Å²) in [5, 5.41) is 2.79. The molecule has 0 radical (unpaired) electrons. The van der Waals surface area contributed by atoms with Gasteiger partial charge in [0, 0.05) is 43.3 Å². The quantitative estimate of drug-likeness (QED) is 0.168. The van der Waals surface area contributed by atoms with Crippen LogP contribution in [0.15, 0.2) is 72.8 Å². The summed E-state index contributed by atoms with van der Waals surface area (Å²) in [6, 6.07) is 28.6. The molecule has 206 valence electrons. The zero-order valence-electron chi connectivity index (χ0n) is 25.1. The minimum atomic E-state index is 0.0568. The Hall–Kier alpha value is -3.50. The van der Waals surface area contributed by atoms with Crippen LogP contribution in [0.3, 0.4) is 0 Å². The minimum absolute atomic E-state index is 0.0568. The Morgan fingerprint density at radius 2 is 1.60 bits per heavy atom. The third-order valence-corrected chi connectivity index (χ3v) is 13.1. The second-order valence-corrected chi connectivity index (χ2v) is 15.9. The first-order valence-corrected chi connectivity index (χ1v) is 16.6. The summed E-state index contributed by atoms with van der Waals surface area (Å²) in [7, 11) is 0. The standard InChI is InChI=1S/C38H35BN2S/c1-36(2,3)22-20-26-23-13-10-14-25-32(23)41(33-24-12-6-7-17-30(24)42-35(25)33)39-28-16-11-15-27-34(28)40(29(21-22)31(26)39)38(5)19-9-8-18-37(27,38)4/h6-7,10-17,20-21H,8-9,18-19H2,1-5H3. The lowest BCUT2D eigenvalue weighted by Crippen LogP contribution is -2.62. The Balaban J connectivity index is 1.44. The van der Waals surface area contributed by atoms with Gasteiger partial charge >= 0.3 is 6.85 Å². The zero-order chi connectivity index (χ0) is 28.3. The van der Waals surface area contributed by atoms with Gasteiger partial charge in [0.25, 0.3) is 0 Å². The van der Waals surface area contributed by atoms with Crippen molar-refractivity contribution in [3.8, 4) is 11.1 Å². The maximum absolute atomic E-state index is 2.86. The smallest absolute Gasteiger partial charge is 0.333 e. The van der Waals surface area contributed by atoms with Gasteiger partial charge < -0.3 is 9.38 Å². The van der Waals surface area contributed by atoms with Crippen molar-refractivity contribution >= 4 is 71.7 Å². The van der Waals surface area contributed by atoms with Gasteiger partial charge in [0.1, 0.15) is 0 Å². The van der Waals surface area contributed by atoms with Gasteiger partial charge in [-0.15, -0.1) is 11.3 Å². The van der Waals surface area contributed by atoms with E-state index >= 15 is 0 Å². The van der Waals surface area contributed by atoms with Gasteiger partial charge in [-0.3, -0.25) is 0 Å². The fourth-order valence-corrected chi connectivity index (χ4v) is 10.8. The third kappa shape index (κ3) is 2.51. The molecule has 0 spiro atoms. The lowest BCUT2D eigenvalue weighted by molar-refractivity contribution is 0.195. The Morgan fingerprint density at radius 1 is 0.810 bits per heavy atom. The van der Waals surface area contributed by atoms with Gasteiger partial charge in [-0.2, -0.15) is 0 Å². The Kier molecular flexibility index (Phi) is 4.20. The third-order valence-electron chi connectivity index (χ3n) is 11.9. The van der Waals surface area contributed by atoms with E-state index in [4.69, 9.17) is 0 Å². The van der Waals surface area contributed by atoms with Crippen molar-refractivity contribution in [1.29, 1.82) is 0 Å². The van der Waals surface area contributed by atoms with Crippen molar-refractivity contribution in [3.63, 3.8) is 0 Å². The number of nitrogens with zero attached hydrogens (tertiary/aromatic N) is 2. The van der Waals surface area contributed by atoms with Crippen LogP contribution >= 0.6 is 11.3 Å². The topological polar surface area (TPSA) is 8.17 Å². The van der Waals surface area contributed by atoms with E-state index in [2.05, 4.69) is 117 Å². The highest BCUT2D eigenvalue weighted by Crippen LogP contribution is 2.62. The highest BCUT2D eigenvalue weighted by Gasteiger charge is 2.61. The van der Waals surface area contributed by atoms with Gasteiger partial charge in [0.05, 0.1) is 15.8 Å². The Labute approximate surface area is 252 Å². The van der Waals surface area contributed by atoms with Crippen molar-refractivity contribution in [3.05, 3.63) is 83.9 Å². The molecular weight excluding hydrogens is 527 g/mol. The first-order valence-electron chi connectivity index (χ1n) is 15.8. The maximum atomic E-state index is 2.86. The summed E-state index contributed by atoms with van der Waals surface area (Å²) in [5.41, 5.74) is 14.9. The molecule has 2 unspecified atom stereocenters. The van der Waals surface area contributed by atoms with Crippen LogP contribution in [-0.4, -0.2) is 16.9 Å². The van der Waals surface area contributed by atoms with Gasteiger partial charge in [-0.1, -0.05) is 101 Å². The summed E-state index contributed by atoms with van der Waals surface area (Å²) >= 11 is 1.97. The number of para-hydroxylation sites is 2. The summed E-state index contributed by atoms with van der Waals surface area (Å²) in [5.74, 6) is 0. The van der Waals surface area contributed by atoms with Crippen LogP contribution in [0, 0.1) is 0 Å². The summed E-state index contributed by atoms with van der Waals surface area (Å²) in [6.45, 7) is 12.5. The molecule has 2 aromatic heterocycles. The minimum Gasteiger partial charge on any atom is -0.374 e. The Bertz CT molecular complexity index is 2190. The summed E-state index contributed by atoms with van der Waals surface area (Å²) < 4.78 is 5.58. The molecule has 4 heteroatoms. The molecule has 0 amide bonds. The number of fused-ring (bicyclic) bond motifs is 12. The molecule has 4 aromatic carbocycles. The van der Waals surface area contributed by atoms with Gasteiger partial charge in [-0.25, -0.2) is 0 Å². The molecule has 2 atom stereocenters. The van der Waals surface area contributed by atoms with Gasteiger partial charge in [0.2, 0.25) is 0 Å². The molecule has 4 aliphatic rings. The number of anilines is 2. The van der Waals surface area contributed by atoms with Crippen LogP contribution in [0.4, 0.5) is 11.4 Å². The van der Waals surface area contributed by atoms with E-state index in [1.807, 2.05) is 11.3 Å². The molecule has 0 N–H and O–H groups in total.